The first-order valence-corrected chi connectivity index (χ1v) is 6.52. The summed E-state index contributed by atoms with van der Waals surface area (Å²) >= 11 is 0. The second kappa shape index (κ2) is 7.36. The average molecular weight is 266 g/mol. The van der Waals surface area contributed by atoms with Crippen LogP contribution in [0.25, 0.3) is 0 Å². The third-order valence-electron chi connectivity index (χ3n) is 2.59. The Kier molecular flexibility index (Phi) is 5.21. The van der Waals surface area contributed by atoms with E-state index in [0.717, 1.165) is 22.5 Å². The molecule has 0 aliphatic carbocycles. The normalized spacial score (nSPS) is 10.8. The monoisotopic (exact) mass is 266 g/mol. The van der Waals surface area contributed by atoms with Gasteiger partial charge in [0.05, 0.1) is 24.6 Å². The van der Waals surface area contributed by atoms with Crippen molar-refractivity contribution in [1.82, 2.24) is 0 Å². The summed E-state index contributed by atoms with van der Waals surface area (Å²) in [6.45, 7) is 6.93. The molecule has 0 heterocycles. The number of benzene rings is 2. The molecule has 0 amide bonds. The minimum Gasteiger partial charge on any atom is -0.372 e. The smallest absolute Gasteiger partial charge is 0.0857 e. The van der Waals surface area contributed by atoms with E-state index >= 15 is 0 Å². The van der Waals surface area contributed by atoms with Crippen molar-refractivity contribution in [1.29, 1.82) is 0 Å². The van der Waals surface area contributed by atoms with Gasteiger partial charge in [0.15, 0.2) is 0 Å². The maximum absolute atomic E-state index is 5.50. The minimum atomic E-state index is 0.586. The Labute approximate surface area is 119 Å². The summed E-state index contributed by atoms with van der Waals surface area (Å²) in [5.41, 5.74) is 3.82. The lowest BCUT2D eigenvalue weighted by atomic mass is 10.2. The third-order valence-corrected chi connectivity index (χ3v) is 2.59. The van der Waals surface area contributed by atoms with E-state index in [4.69, 9.17) is 4.74 Å². The molecule has 0 saturated heterocycles. The quantitative estimate of drug-likeness (QED) is 0.523. The Bertz CT molecular complexity index is 574. The number of hydrogen-bond acceptors (Lipinski definition) is 3. The van der Waals surface area contributed by atoms with E-state index < -0.39 is 0 Å². The highest BCUT2D eigenvalue weighted by Crippen LogP contribution is 2.18. The van der Waals surface area contributed by atoms with Crippen LogP contribution in [0.3, 0.4) is 0 Å². The predicted octanol–water partition coefficient (Wildman–Crippen LogP) is 5.19. The van der Waals surface area contributed by atoms with Crippen LogP contribution in [0.5, 0.6) is 0 Å². The van der Waals surface area contributed by atoms with Crippen LogP contribution in [0.2, 0.25) is 0 Å². The minimum absolute atomic E-state index is 0.586. The second-order valence-electron chi connectivity index (χ2n) is 4.65. The number of nitrogens with zero attached hydrogens (tertiary/aromatic N) is 2. The molecule has 2 rings (SSSR count). The van der Waals surface area contributed by atoms with Gasteiger partial charge in [-0.05, 0) is 36.8 Å². The molecule has 2 aromatic rings. The molecule has 0 radical (unpaired) electrons. The fraction of sp³-hybridized carbons (Fsp3) is 0.176. The zero-order valence-corrected chi connectivity index (χ0v) is 11.6. The van der Waals surface area contributed by atoms with Crippen LogP contribution in [0.1, 0.15) is 12.5 Å². The summed E-state index contributed by atoms with van der Waals surface area (Å²) in [6, 6.07) is 17.5. The van der Waals surface area contributed by atoms with Gasteiger partial charge in [0, 0.05) is 0 Å². The van der Waals surface area contributed by atoms with Crippen molar-refractivity contribution in [2.24, 2.45) is 10.2 Å². The molecule has 0 aromatic heterocycles. The lowest BCUT2D eigenvalue weighted by Crippen LogP contribution is -1.95. The van der Waals surface area contributed by atoms with Crippen LogP contribution < -0.4 is 0 Å². The van der Waals surface area contributed by atoms with Gasteiger partial charge < -0.3 is 4.74 Å². The highest BCUT2D eigenvalue weighted by Gasteiger charge is 1.95. The SMILES string of the molecule is C=C(C)COCc1ccc(N=Nc2ccccc2)cc1. The van der Waals surface area contributed by atoms with E-state index in [1.165, 1.54) is 0 Å². The molecular weight excluding hydrogens is 248 g/mol. The summed E-state index contributed by atoms with van der Waals surface area (Å²) in [6.07, 6.45) is 0. The van der Waals surface area contributed by atoms with Crippen molar-refractivity contribution < 1.29 is 4.74 Å². The molecule has 20 heavy (non-hydrogen) atoms. The fourth-order valence-corrected chi connectivity index (χ4v) is 1.61. The topological polar surface area (TPSA) is 34.0 Å². The van der Waals surface area contributed by atoms with Gasteiger partial charge in [0.1, 0.15) is 0 Å². The molecule has 0 saturated carbocycles. The molecule has 0 bridgehead atoms. The molecule has 0 aliphatic heterocycles. The van der Waals surface area contributed by atoms with Gasteiger partial charge in [0.25, 0.3) is 0 Å². The Balaban J connectivity index is 1.91. The molecule has 3 heteroatoms. The molecule has 0 N–H and O–H groups in total. The summed E-state index contributed by atoms with van der Waals surface area (Å²) in [5, 5.41) is 8.37. The van der Waals surface area contributed by atoms with Crippen molar-refractivity contribution in [3.8, 4) is 0 Å². The second-order valence-corrected chi connectivity index (χ2v) is 4.65. The molecule has 0 spiro atoms. The van der Waals surface area contributed by atoms with Gasteiger partial charge in [-0.1, -0.05) is 42.5 Å². The van der Waals surface area contributed by atoms with E-state index in [0.29, 0.717) is 13.2 Å². The van der Waals surface area contributed by atoms with Gasteiger partial charge in [-0.25, -0.2) is 0 Å². The maximum atomic E-state index is 5.50. The van der Waals surface area contributed by atoms with Crippen LogP contribution >= 0.6 is 0 Å². The van der Waals surface area contributed by atoms with E-state index in [-0.39, 0.29) is 0 Å². The largest absolute Gasteiger partial charge is 0.372 e. The number of azo groups is 1. The van der Waals surface area contributed by atoms with Crippen molar-refractivity contribution in [3.63, 3.8) is 0 Å². The predicted molar refractivity (Wildman–Crippen MR) is 81.5 cm³/mol. The van der Waals surface area contributed by atoms with Crippen molar-refractivity contribution >= 4 is 11.4 Å². The number of ether oxygens (including phenoxy) is 1. The zero-order chi connectivity index (χ0) is 14.2. The molecule has 102 valence electrons. The van der Waals surface area contributed by atoms with Gasteiger partial charge in [-0.15, -0.1) is 0 Å². The first kappa shape index (κ1) is 14.2. The molecule has 0 fully saturated rings. The van der Waals surface area contributed by atoms with E-state index in [1.54, 1.807) is 0 Å². The molecule has 3 nitrogen and oxygen atoms in total. The standard InChI is InChI=1S/C17H18N2O/c1-14(2)12-20-13-15-8-10-17(11-9-15)19-18-16-6-4-3-5-7-16/h3-11H,1,12-13H2,2H3. The molecule has 0 aliphatic rings. The van der Waals surface area contributed by atoms with E-state index in [1.807, 2.05) is 61.5 Å². The molecule has 0 unspecified atom stereocenters. The number of hydrogen-bond donors (Lipinski definition) is 0. The van der Waals surface area contributed by atoms with E-state index in [9.17, 15) is 0 Å². The molecule has 2 aromatic carbocycles. The Morgan fingerprint density at radius 3 is 2.15 bits per heavy atom. The lowest BCUT2D eigenvalue weighted by Gasteiger charge is -2.03. The maximum Gasteiger partial charge on any atom is 0.0857 e. The Hall–Kier alpha value is -2.26. The summed E-state index contributed by atoms with van der Waals surface area (Å²) in [7, 11) is 0. The van der Waals surface area contributed by atoms with Crippen molar-refractivity contribution in [2.45, 2.75) is 13.5 Å². The van der Waals surface area contributed by atoms with Crippen LogP contribution in [0.15, 0.2) is 77.0 Å². The van der Waals surface area contributed by atoms with Crippen LogP contribution in [-0.4, -0.2) is 6.61 Å². The summed E-state index contributed by atoms with van der Waals surface area (Å²) in [5.74, 6) is 0. The van der Waals surface area contributed by atoms with Crippen molar-refractivity contribution in [2.75, 3.05) is 6.61 Å². The summed E-state index contributed by atoms with van der Waals surface area (Å²) in [4.78, 5) is 0. The number of rotatable bonds is 6. The van der Waals surface area contributed by atoms with Gasteiger partial charge in [0.2, 0.25) is 0 Å². The Morgan fingerprint density at radius 1 is 0.950 bits per heavy atom. The van der Waals surface area contributed by atoms with Crippen LogP contribution in [0, 0.1) is 0 Å². The van der Waals surface area contributed by atoms with Gasteiger partial charge in [-0.2, -0.15) is 10.2 Å². The van der Waals surface area contributed by atoms with Crippen molar-refractivity contribution in [3.05, 3.63) is 72.3 Å². The first-order chi connectivity index (χ1) is 9.74. The van der Waals surface area contributed by atoms with Crippen LogP contribution in [-0.2, 0) is 11.3 Å². The highest BCUT2D eigenvalue weighted by atomic mass is 16.5. The molecular formula is C17H18N2O. The van der Waals surface area contributed by atoms with Crippen LogP contribution in [0.4, 0.5) is 11.4 Å². The average Bonchev–Trinajstić information content (AvgIpc) is 2.47. The van der Waals surface area contributed by atoms with E-state index in [2.05, 4.69) is 16.8 Å². The Morgan fingerprint density at radius 2 is 1.55 bits per heavy atom. The van der Waals surface area contributed by atoms with Gasteiger partial charge in [-0.3, -0.25) is 0 Å². The summed E-state index contributed by atoms with van der Waals surface area (Å²) < 4.78 is 5.50. The molecule has 0 atom stereocenters. The zero-order valence-electron chi connectivity index (χ0n) is 11.6. The first-order valence-electron chi connectivity index (χ1n) is 6.52. The third kappa shape index (κ3) is 4.78. The highest BCUT2D eigenvalue weighted by molar-refractivity contribution is 5.40. The van der Waals surface area contributed by atoms with Gasteiger partial charge >= 0.3 is 0 Å². The lowest BCUT2D eigenvalue weighted by molar-refractivity contribution is 0.143. The fourth-order valence-electron chi connectivity index (χ4n) is 1.61.